The number of aryl methyl sites for hydroxylation is 1. The van der Waals surface area contributed by atoms with Gasteiger partial charge in [0.15, 0.2) is 0 Å². The zero-order valence-corrected chi connectivity index (χ0v) is 31.0. The molecule has 0 spiro atoms. The second-order valence-corrected chi connectivity index (χ2v) is 14.1. The maximum atomic E-state index is 13.9. The standard InChI is InChI=1S/C39H41N7O8/c1-42(2)32-16-24-25(17-40-32)36(49)44(4)19-26(24)22-14-30(53-5)27(31(15-22)54-6)20-45-13-12-29(45)38(51)43(3)18-21-8-7-9-23-34(21)39(52)46(37(23)50)28-10-11-33(47)41-35(28)48/h7-9,14-17,19,28-29H,10-13,18,20H2,1-6H3,(H,41,47,48)/t28?,29-/m0/s1. The van der Waals surface area contributed by atoms with Gasteiger partial charge in [-0.05, 0) is 48.2 Å². The molecule has 1 N–H and O–H groups in total. The monoisotopic (exact) mass is 735 g/mol. The van der Waals surface area contributed by atoms with Crippen LogP contribution in [0.2, 0.25) is 0 Å². The van der Waals surface area contributed by atoms with Crippen molar-refractivity contribution in [3.8, 4) is 22.6 Å². The van der Waals surface area contributed by atoms with Gasteiger partial charge in [-0.1, -0.05) is 12.1 Å². The number of aromatic nitrogens is 2. The van der Waals surface area contributed by atoms with Crippen molar-refractivity contribution < 1.29 is 33.4 Å². The van der Waals surface area contributed by atoms with E-state index in [0.29, 0.717) is 47.8 Å². The van der Waals surface area contributed by atoms with Crippen molar-refractivity contribution in [2.75, 3.05) is 46.8 Å². The topological polar surface area (TPSA) is 164 Å². The number of piperidine rings is 1. The molecule has 4 aromatic rings. The summed E-state index contributed by atoms with van der Waals surface area (Å²) in [5, 5.41) is 3.43. The van der Waals surface area contributed by atoms with Crippen LogP contribution in [-0.2, 0) is 34.5 Å². The van der Waals surface area contributed by atoms with Crippen LogP contribution in [0.15, 0.2) is 53.6 Å². The molecule has 0 aliphatic carbocycles. The Morgan fingerprint density at radius 3 is 2.30 bits per heavy atom. The molecule has 0 radical (unpaired) electrons. The minimum Gasteiger partial charge on any atom is -0.496 e. The molecule has 5 amide bonds. The first-order valence-electron chi connectivity index (χ1n) is 17.6. The van der Waals surface area contributed by atoms with Gasteiger partial charge in [-0.2, -0.15) is 0 Å². The number of hydrogen-bond donors (Lipinski definition) is 1. The summed E-state index contributed by atoms with van der Waals surface area (Å²) in [5.41, 5.74) is 2.98. The molecule has 15 nitrogen and oxygen atoms in total. The normalized spacial score (nSPS) is 18.4. The lowest BCUT2D eigenvalue weighted by Gasteiger charge is -2.42. The first-order chi connectivity index (χ1) is 25.8. The number of carbonyl (C=O) groups excluding carboxylic acids is 5. The van der Waals surface area contributed by atoms with Crippen LogP contribution < -0.4 is 25.2 Å². The highest BCUT2D eigenvalue weighted by atomic mass is 16.5. The van der Waals surface area contributed by atoms with E-state index < -0.39 is 35.7 Å². The Labute approximate surface area is 311 Å². The number of anilines is 1. The van der Waals surface area contributed by atoms with Crippen LogP contribution in [0.5, 0.6) is 11.5 Å². The number of fused-ring (bicyclic) bond motifs is 2. The van der Waals surface area contributed by atoms with Gasteiger partial charge in [-0.15, -0.1) is 0 Å². The Morgan fingerprint density at radius 2 is 1.67 bits per heavy atom. The number of rotatable bonds is 10. The van der Waals surface area contributed by atoms with E-state index in [1.165, 1.54) is 15.5 Å². The van der Waals surface area contributed by atoms with Crippen LogP contribution in [0.3, 0.4) is 0 Å². The van der Waals surface area contributed by atoms with Crippen molar-refractivity contribution >= 4 is 46.1 Å². The maximum Gasteiger partial charge on any atom is 0.262 e. The summed E-state index contributed by atoms with van der Waals surface area (Å²) in [5.74, 6) is -0.676. The van der Waals surface area contributed by atoms with E-state index in [0.717, 1.165) is 27.0 Å². The molecule has 3 aliphatic rings. The van der Waals surface area contributed by atoms with E-state index in [1.807, 2.05) is 42.1 Å². The second-order valence-electron chi connectivity index (χ2n) is 14.1. The summed E-state index contributed by atoms with van der Waals surface area (Å²) in [7, 11) is 10.3. The van der Waals surface area contributed by atoms with Gasteiger partial charge in [0.05, 0.1) is 42.3 Å². The van der Waals surface area contributed by atoms with Crippen molar-refractivity contribution in [2.24, 2.45) is 7.05 Å². The zero-order valence-electron chi connectivity index (χ0n) is 31.0. The van der Waals surface area contributed by atoms with E-state index in [9.17, 15) is 28.8 Å². The fraction of sp³-hybridized carbons (Fsp3) is 0.359. The van der Waals surface area contributed by atoms with Gasteiger partial charge in [-0.25, -0.2) is 4.98 Å². The van der Waals surface area contributed by atoms with Crippen LogP contribution in [0.25, 0.3) is 21.9 Å². The van der Waals surface area contributed by atoms with Crippen molar-refractivity contribution in [1.29, 1.82) is 0 Å². The summed E-state index contributed by atoms with van der Waals surface area (Å²) in [4.78, 5) is 89.0. The summed E-state index contributed by atoms with van der Waals surface area (Å²) >= 11 is 0. The van der Waals surface area contributed by atoms with Crippen LogP contribution in [0.1, 0.15) is 51.1 Å². The molecule has 2 atom stereocenters. The minimum absolute atomic E-state index is 0.0236. The number of benzene rings is 2. The Morgan fingerprint density at radius 1 is 0.944 bits per heavy atom. The zero-order chi connectivity index (χ0) is 38.6. The van der Waals surface area contributed by atoms with Crippen molar-refractivity contribution in [3.05, 3.63) is 81.4 Å². The SMILES string of the molecule is COc1cc(-c2cn(C)c(=O)c3cnc(N(C)C)cc23)cc(OC)c1CN1CC[C@H]1C(=O)N(C)Cc1cccc2c1C(=O)N(C1CCC(=O)NC1=O)C2=O. The molecule has 2 aromatic carbocycles. The van der Waals surface area contributed by atoms with Gasteiger partial charge in [0, 0.05) is 77.6 Å². The molecule has 2 saturated heterocycles. The molecular weight excluding hydrogens is 694 g/mol. The predicted octanol–water partition coefficient (Wildman–Crippen LogP) is 2.32. The number of imide groups is 2. The fourth-order valence-electron chi connectivity index (χ4n) is 7.54. The molecule has 0 saturated carbocycles. The number of ether oxygens (including phenoxy) is 2. The van der Waals surface area contributed by atoms with Crippen molar-refractivity contribution in [1.82, 2.24) is 29.6 Å². The number of likely N-dealkylation sites (tertiary alicyclic amines) is 1. The van der Waals surface area contributed by atoms with E-state index in [2.05, 4.69) is 10.3 Å². The van der Waals surface area contributed by atoms with Crippen LogP contribution in [0.4, 0.5) is 5.82 Å². The quantitative estimate of drug-likeness (QED) is 0.238. The Balaban J connectivity index is 1.12. The summed E-state index contributed by atoms with van der Waals surface area (Å²) in [6, 6.07) is 9.04. The molecule has 280 valence electrons. The third-order valence-corrected chi connectivity index (χ3v) is 10.5. The highest BCUT2D eigenvalue weighted by Crippen LogP contribution is 2.40. The smallest absolute Gasteiger partial charge is 0.262 e. The van der Waals surface area contributed by atoms with Gasteiger partial charge < -0.3 is 23.8 Å². The second kappa shape index (κ2) is 14.0. The first-order valence-corrected chi connectivity index (χ1v) is 17.6. The average Bonchev–Trinajstić information content (AvgIpc) is 3.40. The van der Waals surface area contributed by atoms with E-state index >= 15 is 0 Å². The largest absolute Gasteiger partial charge is 0.496 e. The van der Waals surface area contributed by atoms with Gasteiger partial charge in [0.1, 0.15) is 23.4 Å². The van der Waals surface area contributed by atoms with E-state index in [-0.39, 0.29) is 42.0 Å². The highest BCUT2D eigenvalue weighted by Gasteiger charge is 2.46. The summed E-state index contributed by atoms with van der Waals surface area (Å²) in [6.45, 7) is 1.07. The lowest BCUT2D eigenvalue weighted by Crippen LogP contribution is -2.55. The molecule has 0 bridgehead atoms. The highest BCUT2D eigenvalue weighted by molar-refractivity contribution is 6.24. The van der Waals surface area contributed by atoms with E-state index in [1.54, 1.807) is 52.8 Å². The predicted molar refractivity (Wildman–Crippen MR) is 198 cm³/mol. The number of methoxy groups -OCH3 is 2. The lowest BCUT2D eigenvalue weighted by molar-refractivity contribution is -0.141. The molecule has 1 unspecified atom stereocenters. The molecule has 54 heavy (non-hydrogen) atoms. The number of pyridine rings is 2. The number of nitrogens with one attached hydrogen (secondary N) is 1. The minimum atomic E-state index is -1.08. The Hall–Kier alpha value is -6.09. The number of likely N-dealkylation sites (N-methyl/N-ethyl adjacent to an activating group) is 1. The molecule has 3 aliphatic heterocycles. The molecule has 5 heterocycles. The van der Waals surface area contributed by atoms with E-state index in [4.69, 9.17) is 9.47 Å². The molecule has 7 rings (SSSR count). The summed E-state index contributed by atoms with van der Waals surface area (Å²) < 4.78 is 13.3. The molecule has 2 fully saturated rings. The van der Waals surface area contributed by atoms with Crippen LogP contribution >= 0.6 is 0 Å². The van der Waals surface area contributed by atoms with Crippen molar-refractivity contribution in [3.63, 3.8) is 0 Å². The number of nitrogens with zero attached hydrogens (tertiary/aromatic N) is 6. The number of hydrogen-bond acceptors (Lipinski definition) is 11. The Bertz CT molecular complexity index is 2290. The third kappa shape index (κ3) is 6.13. The average molecular weight is 736 g/mol. The van der Waals surface area contributed by atoms with Gasteiger partial charge >= 0.3 is 0 Å². The maximum absolute atomic E-state index is 13.9. The van der Waals surface area contributed by atoms with Crippen LogP contribution in [-0.4, -0.2) is 108 Å². The summed E-state index contributed by atoms with van der Waals surface area (Å²) in [6.07, 6.45) is 4.08. The van der Waals surface area contributed by atoms with Gasteiger partial charge in [0.25, 0.3) is 17.4 Å². The fourth-order valence-corrected chi connectivity index (χ4v) is 7.54. The van der Waals surface area contributed by atoms with Gasteiger partial charge in [0.2, 0.25) is 17.7 Å². The Kier molecular flexibility index (Phi) is 9.43. The first kappa shape index (κ1) is 36.3. The molecule has 15 heteroatoms. The number of amides is 5. The lowest BCUT2D eigenvalue weighted by atomic mass is 9.96. The van der Waals surface area contributed by atoms with Gasteiger partial charge in [-0.3, -0.25) is 43.9 Å². The third-order valence-electron chi connectivity index (χ3n) is 10.5. The molecular formula is C39H41N7O8. The number of carbonyl (C=O) groups is 5. The molecule has 2 aromatic heterocycles. The van der Waals surface area contributed by atoms with Crippen LogP contribution in [0, 0.1) is 0 Å². The van der Waals surface area contributed by atoms with Crippen molar-refractivity contribution in [2.45, 2.75) is 44.4 Å².